The van der Waals surface area contributed by atoms with E-state index in [4.69, 9.17) is 9.56 Å². The molecule has 0 bridgehead atoms. The Bertz CT molecular complexity index is 625. The number of amides is 1. The summed E-state index contributed by atoms with van der Waals surface area (Å²) >= 11 is 0. The normalized spacial score (nSPS) is 19.8. The van der Waals surface area contributed by atoms with Crippen molar-refractivity contribution in [3.05, 3.63) is 17.3 Å². The summed E-state index contributed by atoms with van der Waals surface area (Å²) in [6.07, 6.45) is 1.66. The molecule has 1 amide bonds. The van der Waals surface area contributed by atoms with Crippen molar-refractivity contribution in [2.75, 3.05) is 19.6 Å². The number of nitrogens with two attached hydrogens (primary N) is 1. The lowest BCUT2D eigenvalue weighted by Gasteiger charge is -2.32. The van der Waals surface area contributed by atoms with Gasteiger partial charge >= 0.3 is 0 Å². The zero-order chi connectivity index (χ0) is 15.6. The van der Waals surface area contributed by atoms with Gasteiger partial charge in [0.25, 0.3) is 16.1 Å². The van der Waals surface area contributed by atoms with Gasteiger partial charge in [-0.15, -0.1) is 0 Å². The van der Waals surface area contributed by atoms with Gasteiger partial charge in [-0.1, -0.05) is 0 Å². The molecule has 1 aromatic heterocycles. The number of aromatic nitrogens is 1. The maximum absolute atomic E-state index is 12.4. The first-order valence-electron chi connectivity index (χ1n) is 6.77. The molecular formula is C12H20N4O4S. The van der Waals surface area contributed by atoms with Gasteiger partial charge in [0.2, 0.25) is 5.76 Å². The highest BCUT2D eigenvalue weighted by molar-refractivity contribution is 7.87. The molecular weight excluding hydrogens is 296 g/mol. The summed E-state index contributed by atoms with van der Waals surface area (Å²) in [5.41, 5.74) is 0.572. The van der Waals surface area contributed by atoms with E-state index in [0.29, 0.717) is 24.7 Å². The van der Waals surface area contributed by atoms with Crippen LogP contribution in [0.1, 0.15) is 35.0 Å². The first-order chi connectivity index (χ1) is 9.76. The van der Waals surface area contributed by atoms with E-state index < -0.39 is 10.2 Å². The zero-order valence-corrected chi connectivity index (χ0v) is 12.9. The summed E-state index contributed by atoms with van der Waals surface area (Å²) in [7, 11) is -3.70. The fourth-order valence-electron chi connectivity index (χ4n) is 2.52. The molecule has 0 spiro atoms. The smallest absolute Gasteiger partial charge is 0.291 e. The largest absolute Gasteiger partial charge is 0.436 e. The lowest BCUT2D eigenvalue weighted by atomic mass is 9.98. The highest BCUT2D eigenvalue weighted by atomic mass is 32.2. The predicted molar refractivity (Wildman–Crippen MR) is 75.7 cm³/mol. The van der Waals surface area contributed by atoms with Crippen molar-refractivity contribution in [3.8, 4) is 0 Å². The maximum atomic E-state index is 12.4. The fourth-order valence-corrected chi connectivity index (χ4v) is 2.99. The van der Waals surface area contributed by atoms with Crippen molar-refractivity contribution in [2.45, 2.75) is 26.7 Å². The number of likely N-dealkylation sites (tertiary alicyclic amines) is 1. The number of nitrogens with zero attached hydrogens (tertiary/aromatic N) is 2. The van der Waals surface area contributed by atoms with Crippen LogP contribution in [-0.2, 0) is 10.2 Å². The van der Waals surface area contributed by atoms with Gasteiger partial charge in [-0.2, -0.15) is 8.42 Å². The van der Waals surface area contributed by atoms with Gasteiger partial charge < -0.3 is 9.32 Å². The van der Waals surface area contributed by atoms with E-state index in [1.54, 1.807) is 18.7 Å². The Hall–Kier alpha value is -1.45. The molecule has 118 valence electrons. The number of carbonyl (C=O) groups excluding carboxylic acids is 1. The van der Waals surface area contributed by atoms with Crippen LogP contribution < -0.4 is 9.86 Å². The van der Waals surface area contributed by atoms with Crippen LogP contribution in [0, 0.1) is 19.8 Å². The molecule has 0 aromatic carbocycles. The third kappa shape index (κ3) is 4.26. The first kappa shape index (κ1) is 15.9. The molecule has 0 radical (unpaired) electrons. The third-order valence-corrected chi connectivity index (χ3v) is 4.05. The highest BCUT2D eigenvalue weighted by Crippen LogP contribution is 2.20. The van der Waals surface area contributed by atoms with Crippen LogP contribution in [0.5, 0.6) is 0 Å². The number of oxazole rings is 1. The van der Waals surface area contributed by atoms with Crippen LogP contribution in [0.15, 0.2) is 4.42 Å². The Morgan fingerprint density at radius 2 is 2.24 bits per heavy atom. The third-order valence-electron chi connectivity index (χ3n) is 3.48. The number of carbonyl (C=O) groups is 1. The summed E-state index contributed by atoms with van der Waals surface area (Å²) < 4.78 is 29.5. The van der Waals surface area contributed by atoms with Crippen molar-refractivity contribution in [1.82, 2.24) is 14.6 Å². The second-order valence-electron chi connectivity index (χ2n) is 5.30. The zero-order valence-electron chi connectivity index (χ0n) is 12.1. The van der Waals surface area contributed by atoms with Crippen LogP contribution in [0.2, 0.25) is 0 Å². The summed E-state index contributed by atoms with van der Waals surface area (Å²) in [6, 6.07) is 0. The van der Waals surface area contributed by atoms with Crippen LogP contribution in [0.3, 0.4) is 0 Å². The maximum Gasteiger partial charge on any atom is 0.291 e. The molecule has 1 atom stereocenters. The van der Waals surface area contributed by atoms with Gasteiger partial charge in [-0.25, -0.2) is 14.8 Å². The van der Waals surface area contributed by atoms with Crippen LogP contribution >= 0.6 is 0 Å². The summed E-state index contributed by atoms with van der Waals surface area (Å²) in [5, 5.41) is 4.92. The molecule has 1 fully saturated rings. The number of nitrogens with one attached hydrogen (secondary N) is 1. The Morgan fingerprint density at radius 1 is 1.52 bits per heavy atom. The number of aryl methyl sites for hydroxylation is 2. The monoisotopic (exact) mass is 316 g/mol. The molecule has 0 aliphatic carbocycles. The van der Waals surface area contributed by atoms with Crippen molar-refractivity contribution >= 4 is 16.1 Å². The minimum absolute atomic E-state index is 0.0466. The Balaban J connectivity index is 2.00. The summed E-state index contributed by atoms with van der Waals surface area (Å²) in [6.45, 7) is 4.76. The van der Waals surface area contributed by atoms with E-state index in [1.165, 1.54) is 0 Å². The molecule has 2 heterocycles. The average molecular weight is 316 g/mol. The second kappa shape index (κ2) is 6.12. The van der Waals surface area contributed by atoms with Gasteiger partial charge in [0.05, 0.1) is 5.69 Å². The first-order valence-corrected chi connectivity index (χ1v) is 8.31. The van der Waals surface area contributed by atoms with Crippen molar-refractivity contribution < 1.29 is 17.6 Å². The van der Waals surface area contributed by atoms with E-state index in [2.05, 4.69) is 9.71 Å². The minimum atomic E-state index is -3.70. The van der Waals surface area contributed by atoms with E-state index in [-0.39, 0.29) is 24.1 Å². The topological polar surface area (TPSA) is 119 Å². The van der Waals surface area contributed by atoms with Gasteiger partial charge in [-0.05, 0) is 25.7 Å². The average Bonchev–Trinajstić information content (AvgIpc) is 2.74. The summed E-state index contributed by atoms with van der Waals surface area (Å²) in [5.74, 6) is 0.562. The Morgan fingerprint density at radius 3 is 2.81 bits per heavy atom. The molecule has 8 nitrogen and oxygen atoms in total. The van der Waals surface area contributed by atoms with Crippen LogP contribution in [-0.4, -0.2) is 43.8 Å². The van der Waals surface area contributed by atoms with E-state index in [1.807, 2.05) is 0 Å². The molecule has 1 aliphatic heterocycles. The number of hydrogen-bond donors (Lipinski definition) is 2. The number of hydrogen-bond acceptors (Lipinski definition) is 5. The fraction of sp³-hybridized carbons (Fsp3) is 0.667. The molecule has 0 saturated carbocycles. The highest BCUT2D eigenvalue weighted by Gasteiger charge is 2.28. The van der Waals surface area contributed by atoms with Crippen molar-refractivity contribution in [2.24, 2.45) is 11.1 Å². The van der Waals surface area contributed by atoms with Crippen LogP contribution in [0.4, 0.5) is 0 Å². The van der Waals surface area contributed by atoms with Crippen LogP contribution in [0.25, 0.3) is 0 Å². The molecule has 2 rings (SSSR count). The molecule has 9 heteroatoms. The van der Waals surface area contributed by atoms with E-state index >= 15 is 0 Å². The van der Waals surface area contributed by atoms with E-state index in [0.717, 1.165) is 12.8 Å². The van der Waals surface area contributed by atoms with Gasteiger partial charge in [0.15, 0.2) is 5.89 Å². The molecule has 3 N–H and O–H groups in total. The Kier molecular flexibility index (Phi) is 4.64. The molecule has 1 aliphatic rings. The summed E-state index contributed by atoms with van der Waals surface area (Å²) in [4.78, 5) is 18.2. The lowest BCUT2D eigenvalue weighted by Crippen LogP contribution is -2.44. The number of rotatable bonds is 4. The molecule has 21 heavy (non-hydrogen) atoms. The SMILES string of the molecule is Cc1nc(C)c(C(=O)N2CCCC(CNS(N)(=O)=O)C2)o1. The minimum Gasteiger partial charge on any atom is -0.436 e. The molecule has 1 aromatic rings. The van der Waals surface area contributed by atoms with Gasteiger partial charge in [-0.3, -0.25) is 4.79 Å². The van der Waals surface area contributed by atoms with Gasteiger partial charge in [0.1, 0.15) is 0 Å². The van der Waals surface area contributed by atoms with Crippen molar-refractivity contribution in [3.63, 3.8) is 0 Å². The number of piperidine rings is 1. The predicted octanol–water partition coefficient (Wildman–Crippen LogP) is -0.0633. The van der Waals surface area contributed by atoms with Gasteiger partial charge in [0, 0.05) is 26.6 Å². The standard InChI is InChI=1S/C12H20N4O4S/c1-8-11(20-9(2)15-8)12(17)16-5-3-4-10(7-16)6-14-21(13,18)19/h10,14H,3-7H2,1-2H3,(H2,13,18,19). The quantitative estimate of drug-likeness (QED) is 0.806. The second-order valence-corrected chi connectivity index (χ2v) is 6.68. The Labute approximate surface area is 123 Å². The van der Waals surface area contributed by atoms with E-state index in [9.17, 15) is 13.2 Å². The molecule has 1 unspecified atom stereocenters. The molecule has 1 saturated heterocycles. The van der Waals surface area contributed by atoms with Crippen molar-refractivity contribution in [1.29, 1.82) is 0 Å². The lowest BCUT2D eigenvalue weighted by molar-refractivity contribution is 0.0642.